The number of fused-ring (bicyclic) bond motifs is 1. The maximum atomic E-state index is 12.7. The fourth-order valence-electron chi connectivity index (χ4n) is 4.84. The zero-order valence-electron chi connectivity index (χ0n) is 18.5. The number of benzene rings is 4. The smallest absolute Gasteiger partial charge is 0.232 e. The minimum atomic E-state index is -3.50. The fourth-order valence-corrected chi connectivity index (χ4v) is 5.82. The van der Waals surface area contributed by atoms with Crippen molar-refractivity contribution in [3.63, 3.8) is 0 Å². The zero-order chi connectivity index (χ0) is 23.0. The number of nitrogens with one attached hydrogen (secondary N) is 1. The lowest BCUT2D eigenvalue weighted by molar-refractivity contribution is -0.116. The molecule has 33 heavy (non-hydrogen) atoms. The molecule has 5 rings (SSSR count). The fraction of sp³-hybridized carbons (Fsp3) is 0.222. The lowest BCUT2D eigenvalue weighted by Crippen LogP contribution is -2.31. The van der Waals surface area contributed by atoms with Crippen LogP contribution in [0.3, 0.4) is 0 Å². The molecule has 0 bridgehead atoms. The van der Waals surface area contributed by atoms with Crippen LogP contribution in [0, 0.1) is 0 Å². The molecule has 6 heteroatoms. The van der Waals surface area contributed by atoms with Gasteiger partial charge >= 0.3 is 0 Å². The Hall–Kier alpha value is -3.38. The van der Waals surface area contributed by atoms with Crippen molar-refractivity contribution in [3.05, 3.63) is 83.9 Å². The first-order chi connectivity index (χ1) is 15.9. The van der Waals surface area contributed by atoms with Gasteiger partial charge in [-0.2, -0.15) is 0 Å². The Morgan fingerprint density at radius 2 is 1.58 bits per heavy atom. The number of aryl methyl sites for hydroxylation is 2. The molecule has 0 radical (unpaired) electrons. The molecule has 1 N–H and O–H groups in total. The van der Waals surface area contributed by atoms with Gasteiger partial charge in [-0.05, 0) is 53.3 Å². The number of rotatable bonds is 7. The van der Waals surface area contributed by atoms with Crippen LogP contribution < -0.4 is 9.62 Å². The van der Waals surface area contributed by atoms with E-state index in [1.54, 1.807) is 0 Å². The van der Waals surface area contributed by atoms with Crippen molar-refractivity contribution in [2.45, 2.75) is 25.7 Å². The quantitative estimate of drug-likeness (QED) is 0.410. The summed E-state index contributed by atoms with van der Waals surface area (Å²) < 4.78 is 26.6. The monoisotopic (exact) mass is 458 g/mol. The highest BCUT2D eigenvalue weighted by atomic mass is 32.2. The van der Waals surface area contributed by atoms with E-state index in [0.29, 0.717) is 12.1 Å². The lowest BCUT2D eigenvalue weighted by atomic mass is 10.0. The third-order valence-electron chi connectivity index (χ3n) is 6.35. The summed E-state index contributed by atoms with van der Waals surface area (Å²) in [6, 6.07) is 23.7. The van der Waals surface area contributed by atoms with Gasteiger partial charge in [0.2, 0.25) is 15.9 Å². The number of hydrogen-bond acceptors (Lipinski definition) is 3. The van der Waals surface area contributed by atoms with Crippen LogP contribution in [0.25, 0.3) is 21.5 Å². The molecule has 1 amide bonds. The van der Waals surface area contributed by atoms with Crippen LogP contribution in [0.2, 0.25) is 0 Å². The number of carbonyl (C=O) groups is 1. The van der Waals surface area contributed by atoms with E-state index >= 15 is 0 Å². The Kier molecular flexibility index (Phi) is 5.54. The molecule has 4 aromatic rings. The number of nitrogens with zero attached hydrogens (tertiary/aromatic N) is 1. The van der Waals surface area contributed by atoms with Crippen molar-refractivity contribution < 1.29 is 13.2 Å². The standard InChI is InChI=1S/C27H26N2O3S/c1-33(31,32)29(25-12-5-8-19-7-2-3-10-22(19)25)18-6-13-26(30)28-24-17-16-21-15-14-20-9-4-11-23(24)27(20)21/h2-5,7-12,16-17H,6,13-15,18H2,1H3,(H,28,30). The maximum absolute atomic E-state index is 12.7. The average molecular weight is 459 g/mol. The van der Waals surface area contributed by atoms with Crippen LogP contribution in [0.15, 0.2) is 72.8 Å². The highest BCUT2D eigenvalue weighted by molar-refractivity contribution is 7.92. The summed E-state index contributed by atoms with van der Waals surface area (Å²) in [5.41, 5.74) is 4.12. The first-order valence-corrected chi connectivity index (χ1v) is 13.1. The first kappa shape index (κ1) is 21.5. The van der Waals surface area contributed by atoms with Gasteiger partial charge in [-0.15, -0.1) is 0 Å². The molecule has 0 aliphatic heterocycles. The first-order valence-electron chi connectivity index (χ1n) is 11.2. The third kappa shape index (κ3) is 4.18. The van der Waals surface area contributed by atoms with Crippen molar-refractivity contribution in [1.29, 1.82) is 0 Å². The van der Waals surface area contributed by atoms with Gasteiger partial charge in [0, 0.05) is 29.4 Å². The summed E-state index contributed by atoms with van der Waals surface area (Å²) >= 11 is 0. The van der Waals surface area contributed by atoms with Crippen LogP contribution in [-0.4, -0.2) is 27.1 Å². The second-order valence-electron chi connectivity index (χ2n) is 8.60. The van der Waals surface area contributed by atoms with Crippen LogP contribution in [-0.2, 0) is 27.7 Å². The van der Waals surface area contributed by atoms with Crippen LogP contribution >= 0.6 is 0 Å². The number of sulfonamides is 1. The van der Waals surface area contributed by atoms with E-state index in [9.17, 15) is 13.2 Å². The molecule has 0 saturated carbocycles. The largest absolute Gasteiger partial charge is 0.326 e. The Bertz CT molecular complexity index is 1460. The van der Waals surface area contributed by atoms with E-state index in [2.05, 4.69) is 23.5 Å². The molecule has 0 unspecified atom stereocenters. The molecular weight excluding hydrogens is 432 g/mol. The van der Waals surface area contributed by atoms with Crippen molar-refractivity contribution in [3.8, 4) is 0 Å². The van der Waals surface area contributed by atoms with Crippen molar-refractivity contribution in [1.82, 2.24) is 0 Å². The van der Waals surface area contributed by atoms with Gasteiger partial charge in [0.25, 0.3) is 0 Å². The molecule has 0 spiro atoms. The Morgan fingerprint density at radius 3 is 2.39 bits per heavy atom. The van der Waals surface area contributed by atoms with Crippen molar-refractivity contribution in [2.24, 2.45) is 0 Å². The Morgan fingerprint density at radius 1 is 0.879 bits per heavy atom. The molecular formula is C27H26N2O3S. The van der Waals surface area contributed by atoms with Crippen molar-refractivity contribution in [2.75, 3.05) is 22.4 Å². The molecule has 0 atom stereocenters. The zero-order valence-corrected chi connectivity index (χ0v) is 19.4. The molecule has 0 heterocycles. The maximum Gasteiger partial charge on any atom is 0.232 e. The Labute approximate surface area is 194 Å². The number of anilines is 2. The van der Waals surface area contributed by atoms with Gasteiger partial charge in [-0.25, -0.2) is 8.42 Å². The summed E-state index contributed by atoms with van der Waals surface area (Å²) in [5, 5.41) is 7.23. The SMILES string of the molecule is CS(=O)(=O)N(CCCC(=O)Nc1ccc2c3c(cccc13)CC2)c1cccc2ccccc12. The summed E-state index contributed by atoms with van der Waals surface area (Å²) in [6.45, 7) is 0.240. The molecule has 0 saturated heterocycles. The predicted octanol–water partition coefficient (Wildman–Crippen LogP) is 5.28. The molecule has 0 aromatic heterocycles. The third-order valence-corrected chi connectivity index (χ3v) is 7.53. The minimum Gasteiger partial charge on any atom is -0.326 e. The van der Waals surface area contributed by atoms with Gasteiger partial charge in [0.05, 0.1) is 11.9 Å². The molecule has 1 aliphatic rings. The molecule has 5 nitrogen and oxygen atoms in total. The summed E-state index contributed by atoms with van der Waals surface area (Å²) in [5.74, 6) is -0.111. The van der Waals surface area contributed by atoms with E-state index in [1.807, 2.05) is 54.6 Å². The number of carbonyl (C=O) groups excluding carboxylic acids is 1. The topological polar surface area (TPSA) is 66.5 Å². The highest BCUT2D eigenvalue weighted by Gasteiger charge is 2.20. The molecule has 4 aromatic carbocycles. The van der Waals surface area contributed by atoms with E-state index in [0.717, 1.165) is 34.7 Å². The van der Waals surface area contributed by atoms with Gasteiger partial charge in [-0.1, -0.05) is 60.7 Å². The van der Waals surface area contributed by atoms with Crippen LogP contribution in [0.4, 0.5) is 11.4 Å². The summed E-state index contributed by atoms with van der Waals surface area (Å²) in [6.07, 6.45) is 3.95. The van der Waals surface area contributed by atoms with E-state index in [-0.39, 0.29) is 18.9 Å². The Balaban J connectivity index is 1.31. The predicted molar refractivity (Wildman–Crippen MR) is 135 cm³/mol. The number of amides is 1. The average Bonchev–Trinajstić information content (AvgIpc) is 3.22. The van der Waals surface area contributed by atoms with Crippen LogP contribution in [0.5, 0.6) is 0 Å². The number of hydrogen-bond donors (Lipinski definition) is 1. The van der Waals surface area contributed by atoms with Gasteiger partial charge in [-0.3, -0.25) is 9.10 Å². The molecule has 1 aliphatic carbocycles. The van der Waals surface area contributed by atoms with E-state index in [1.165, 1.54) is 27.1 Å². The van der Waals surface area contributed by atoms with E-state index < -0.39 is 10.0 Å². The molecule has 168 valence electrons. The van der Waals surface area contributed by atoms with Crippen molar-refractivity contribution >= 4 is 48.9 Å². The summed E-state index contributed by atoms with van der Waals surface area (Å²) in [4.78, 5) is 12.7. The second kappa shape index (κ2) is 8.52. The van der Waals surface area contributed by atoms with E-state index in [4.69, 9.17) is 0 Å². The second-order valence-corrected chi connectivity index (χ2v) is 10.5. The highest BCUT2D eigenvalue weighted by Crippen LogP contribution is 2.35. The summed E-state index contributed by atoms with van der Waals surface area (Å²) in [7, 11) is -3.50. The van der Waals surface area contributed by atoms with Gasteiger partial charge in [0.15, 0.2) is 0 Å². The molecule has 0 fully saturated rings. The minimum absolute atomic E-state index is 0.111. The van der Waals surface area contributed by atoms with Gasteiger partial charge in [0.1, 0.15) is 0 Å². The van der Waals surface area contributed by atoms with Gasteiger partial charge < -0.3 is 5.32 Å². The lowest BCUT2D eigenvalue weighted by Gasteiger charge is -2.24. The normalized spacial score (nSPS) is 12.9. The van der Waals surface area contributed by atoms with Crippen LogP contribution in [0.1, 0.15) is 24.0 Å².